The van der Waals surface area contributed by atoms with Crippen molar-refractivity contribution in [2.75, 3.05) is 7.11 Å². The summed E-state index contributed by atoms with van der Waals surface area (Å²) in [5.41, 5.74) is 7.50. The minimum atomic E-state index is 0.325. The summed E-state index contributed by atoms with van der Waals surface area (Å²) in [6.45, 7) is 0. The molecule has 1 fully saturated rings. The Hall–Kier alpha value is -1.02. The van der Waals surface area contributed by atoms with Crippen molar-refractivity contribution in [1.82, 2.24) is 0 Å². The van der Waals surface area contributed by atoms with Gasteiger partial charge in [-0.05, 0) is 36.5 Å². The van der Waals surface area contributed by atoms with Crippen molar-refractivity contribution in [1.29, 1.82) is 0 Å². The van der Waals surface area contributed by atoms with E-state index in [4.69, 9.17) is 10.5 Å². The third-order valence-corrected chi connectivity index (χ3v) is 3.34. The Balaban J connectivity index is 2.19. The number of hydrogen-bond acceptors (Lipinski definition) is 2. The zero-order valence-corrected chi connectivity index (χ0v) is 9.28. The second-order valence-corrected chi connectivity index (χ2v) is 4.33. The van der Waals surface area contributed by atoms with E-state index in [1.807, 2.05) is 6.07 Å². The maximum Gasteiger partial charge on any atom is 0.119 e. The van der Waals surface area contributed by atoms with Crippen molar-refractivity contribution < 1.29 is 4.74 Å². The molecule has 1 saturated carbocycles. The first-order chi connectivity index (χ1) is 7.31. The molecule has 2 nitrogen and oxygen atoms in total. The summed E-state index contributed by atoms with van der Waals surface area (Å²) < 4.78 is 5.24. The third-order valence-electron chi connectivity index (χ3n) is 3.34. The van der Waals surface area contributed by atoms with E-state index >= 15 is 0 Å². The van der Waals surface area contributed by atoms with Gasteiger partial charge in [0.1, 0.15) is 5.75 Å². The Morgan fingerprint density at radius 1 is 1.27 bits per heavy atom. The quantitative estimate of drug-likeness (QED) is 0.805. The zero-order valence-electron chi connectivity index (χ0n) is 9.28. The van der Waals surface area contributed by atoms with Crippen LogP contribution in [0.4, 0.5) is 0 Å². The van der Waals surface area contributed by atoms with Crippen LogP contribution in [0.3, 0.4) is 0 Å². The lowest BCUT2D eigenvalue weighted by Gasteiger charge is -2.29. The average Bonchev–Trinajstić information content (AvgIpc) is 2.30. The molecule has 0 amide bonds. The van der Waals surface area contributed by atoms with Gasteiger partial charge in [0.05, 0.1) is 7.11 Å². The zero-order chi connectivity index (χ0) is 10.7. The van der Waals surface area contributed by atoms with E-state index in [0.29, 0.717) is 12.0 Å². The largest absolute Gasteiger partial charge is 0.497 e. The van der Waals surface area contributed by atoms with Crippen LogP contribution in [0.25, 0.3) is 0 Å². The van der Waals surface area contributed by atoms with E-state index in [2.05, 4.69) is 18.2 Å². The molecular formula is C13H19NO. The minimum absolute atomic E-state index is 0.325. The Labute approximate surface area is 91.4 Å². The molecule has 1 aliphatic rings. The molecule has 2 N–H and O–H groups in total. The lowest BCUT2D eigenvalue weighted by molar-refractivity contribution is 0.381. The molecule has 1 aliphatic carbocycles. The fraction of sp³-hybridized carbons (Fsp3) is 0.538. The second kappa shape index (κ2) is 4.67. The van der Waals surface area contributed by atoms with Crippen LogP contribution in [0.1, 0.15) is 37.2 Å². The van der Waals surface area contributed by atoms with Crippen LogP contribution in [0.2, 0.25) is 0 Å². The standard InChI is InChI=1S/C13H19NO/c1-15-11-6-4-5-10(9-11)12-7-2-3-8-13(12)14/h4-6,9,12-13H,2-3,7-8,14H2,1H3/t12-,13+/m1/s1. The van der Waals surface area contributed by atoms with Crippen LogP contribution in [0.5, 0.6) is 5.75 Å². The van der Waals surface area contributed by atoms with Gasteiger partial charge in [-0.15, -0.1) is 0 Å². The summed E-state index contributed by atoms with van der Waals surface area (Å²) in [6.07, 6.45) is 4.95. The number of nitrogens with two attached hydrogens (primary N) is 1. The Kier molecular flexibility index (Phi) is 3.27. The van der Waals surface area contributed by atoms with E-state index in [0.717, 1.165) is 12.2 Å². The van der Waals surface area contributed by atoms with Crippen LogP contribution < -0.4 is 10.5 Å². The molecule has 82 valence electrons. The van der Waals surface area contributed by atoms with Gasteiger partial charge >= 0.3 is 0 Å². The fourth-order valence-corrected chi connectivity index (χ4v) is 2.45. The molecule has 0 aromatic heterocycles. The van der Waals surface area contributed by atoms with Crippen LogP contribution in [0.15, 0.2) is 24.3 Å². The van der Waals surface area contributed by atoms with Crippen LogP contribution in [-0.4, -0.2) is 13.2 Å². The number of ether oxygens (including phenoxy) is 1. The van der Waals surface area contributed by atoms with Gasteiger partial charge in [-0.1, -0.05) is 25.0 Å². The van der Waals surface area contributed by atoms with Crippen molar-refractivity contribution in [2.24, 2.45) is 5.73 Å². The molecule has 0 saturated heterocycles. The molecule has 15 heavy (non-hydrogen) atoms. The van der Waals surface area contributed by atoms with E-state index < -0.39 is 0 Å². The molecular weight excluding hydrogens is 186 g/mol. The van der Waals surface area contributed by atoms with Crippen LogP contribution in [0, 0.1) is 0 Å². The normalized spacial score (nSPS) is 26.3. The molecule has 0 spiro atoms. The van der Waals surface area contributed by atoms with Crippen molar-refractivity contribution in [3.63, 3.8) is 0 Å². The molecule has 2 rings (SSSR count). The molecule has 0 unspecified atom stereocenters. The van der Waals surface area contributed by atoms with Gasteiger partial charge < -0.3 is 10.5 Å². The van der Waals surface area contributed by atoms with Gasteiger partial charge in [-0.3, -0.25) is 0 Å². The lowest BCUT2D eigenvalue weighted by atomic mass is 9.80. The summed E-state index contributed by atoms with van der Waals surface area (Å²) in [7, 11) is 1.71. The highest BCUT2D eigenvalue weighted by molar-refractivity contribution is 5.31. The highest BCUT2D eigenvalue weighted by Gasteiger charge is 2.23. The topological polar surface area (TPSA) is 35.2 Å². The molecule has 2 heteroatoms. The maximum atomic E-state index is 6.16. The Morgan fingerprint density at radius 2 is 2.07 bits per heavy atom. The van der Waals surface area contributed by atoms with E-state index in [-0.39, 0.29) is 0 Å². The first kappa shape index (κ1) is 10.5. The average molecular weight is 205 g/mol. The van der Waals surface area contributed by atoms with Crippen LogP contribution in [-0.2, 0) is 0 Å². The van der Waals surface area contributed by atoms with Gasteiger partial charge in [0, 0.05) is 6.04 Å². The molecule has 0 bridgehead atoms. The van der Waals surface area contributed by atoms with Crippen molar-refractivity contribution in [3.8, 4) is 5.75 Å². The van der Waals surface area contributed by atoms with Gasteiger partial charge in [0.25, 0.3) is 0 Å². The minimum Gasteiger partial charge on any atom is -0.497 e. The number of hydrogen-bond donors (Lipinski definition) is 1. The van der Waals surface area contributed by atoms with E-state index in [9.17, 15) is 0 Å². The first-order valence-electron chi connectivity index (χ1n) is 5.71. The monoisotopic (exact) mass is 205 g/mol. The number of rotatable bonds is 2. The van der Waals surface area contributed by atoms with E-state index in [1.54, 1.807) is 7.11 Å². The third kappa shape index (κ3) is 2.32. The molecule has 1 aromatic carbocycles. The molecule has 1 aromatic rings. The van der Waals surface area contributed by atoms with Crippen LogP contribution >= 0.6 is 0 Å². The highest BCUT2D eigenvalue weighted by Crippen LogP contribution is 2.33. The Morgan fingerprint density at radius 3 is 2.80 bits per heavy atom. The molecule has 0 radical (unpaired) electrons. The summed E-state index contributed by atoms with van der Waals surface area (Å²) in [5.74, 6) is 1.46. The van der Waals surface area contributed by atoms with Gasteiger partial charge in [-0.2, -0.15) is 0 Å². The summed E-state index contributed by atoms with van der Waals surface area (Å²) in [4.78, 5) is 0. The molecule has 0 aliphatic heterocycles. The summed E-state index contributed by atoms with van der Waals surface area (Å²) >= 11 is 0. The predicted octanol–water partition coefficient (Wildman–Crippen LogP) is 2.68. The van der Waals surface area contributed by atoms with Gasteiger partial charge in [0.15, 0.2) is 0 Å². The molecule has 0 heterocycles. The van der Waals surface area contributed by atoms with Crippen molar-refractivity contribution in [3.05, 3.63) is 29.8 Å². The number of methoxy groups -OCH3 is 1. The highest BCUT2D eigenvalue weighted by atomic mass is 16.5. The van der Waals surface area contributed by atoms with Gasteiger partial charge in [-0.25, -0.2) is 0 Å². The second-order valence-electron chi connectivity index (χ2n) is 4.33. The molecule has 2 atom stereocenters. The maximum absolute atomic E-state index is 6.16. The predicted molar refractivity (Wildman–Crippen MR) is 62.2 cm³/mol. The lowest BCUT2D eigenvalue weighted by Crippen LogP contribution is -2.31. The smallest absolute Gasteiger partial charge is 0.119 e. The summed E-state index contributed by atoms with van der Waals surface area (Å²) in [5, 5.41) is 0. The van der Waals surface area contributed by atoms with Crippen molar-refractivity contribution in [2.45, 2.75) is 37.6 Å². The van der Waals surface area contributed by atoms with Crippen molar-refractivity contribution >= 4 is 0 Å². The van der Waals surface area contributed by atoms with Gasteiger partial charge in [0.2, 0.25) is 0 Å². The fourth-order valence-electron chi connectivity index (χ4n) is 2.45. The first-order valence-corrected chi connectivity index (χ1v) is 5.71. The van der Waals surface area contributed by atoms with E-state index in [1.165, 1.54) is 24.8 Å². The summed E-state index contributed by atoms with van der Waals surface area (Å²) in [6, 6.07) is 8.65. The number of benzene rings is 1. The Bertz CT molecular complexity index is 324. The SMILES string of the molecule is COc1cccc([C@H]2CCCC[C@@H]2N)c1.